The summed E-state index contributed by atoms with van der Waals surface area (Å²) in [5, 5.41) is 0. The fourth-order valence-corrected chi connectivity index (χ4v) is 0.734. The van der Waals surface area contributed by atoms with Crippen LogP contribution >= 0.6 is 0 Å². The summed E-state index contributed by atoms with van der Waals surface area (Å²) in [5.74, 6) is 0. The predicted molar refractivity (Wildman–Crippen MR) is 58.3 cm³/mol. The van der Waals surface area contributed by atoms with Crippen molar-refractivity contribution >= 4 is 6.09 Å². The molecule has 3 heteroatoms. The molecule has 0 rings (SSSR count). The molecule has 0 N–H and O–H groups in total. The van der Waals surface area contributed by atoms with Crippen LogP contribution in [0.1, 0.15) is 34.6 Å². The number of ether oxygens (including phenoxy) is 1. The van der Waals surface area contributed by atoms with Crippen LogP contribution in [0.2, 0.25) is 0 Å². The zero-order valence-corrected chi connectivity index (χ0v) is 10.0. The molecule has 0 aliphatic carbocycles. The van der Waals surface area contributed by atoms with Crippen molar-refractivity contribution in [2.75, 3.05) is 13.6 Å². The van der Waals surface area contributed by atoms with Crippen molar-refractivity contribution in [1.82, 2.24) is 4.90 Å². The Morgan fingerprint density at radius 3 is 2.21 bits per heavy atom. The van der Waals surface area contributed by atoms with Crippen molar-refractivity contribution in [3.05, 3.63) is 11.6 Å². The Morgan fingerprint density at radius 2 is 1.86 bits per heavy atom. The van der Waals surface area contributed by atoms with Gasteiger partial charge in [-0.2, -0.15) is 0 Å². The molecular formula is C11H21NO2. The monoisotopic (exact) mass is 199 g/mol. The Hall–Kier alpha value is -0.990. The molecule has 0 unspecified atom stereocenters. The second kappa shape index (κ2) is 5.03. The van der Waals surface area contributed by atoms with E-state index >= 15 is 0 Å². The number of allylic oxidation sites excluding steroid dienone is 1. The quantitative estimate of drug-likeness (QED) is 0.640. The normalized spacial score (nSPS) is 10.7. The Kier molecular flexibility index (Phi) is 4.68. The highest BCUT2D eigenvalue weighted by atomic mass is 16.6. The van der Waals surface area contributed by atoms with E-state index in [1.807, 2.05) is 40.7 Å². The van der Waals surface area contributed by atoms with Crippen molar-refractivity contribution in [3.8, 4) is 0 Å². The highest BCUT2D eigenvalue weighted by Crippen LogP contribution is 2.09. The number of nitrogens with zero attached hydrogens (tertiary/aromatic N) is 1. The van der Waals surface area contributed by atoms with E-state index < -0.39 is 5.60 Å². The number of hydrogen-bond acceptors (Lipinski definition) is 2. The maximum absolute atomic E-state index is 11.4. The summed E-state index contributed by atoms with van der Waals surface area (Å²) >= 11 is 0. The first-order valence-electron chi connectivity index (χ1n) is 4.80. The van der Waals surface area contributed by atoms with Gasteiger partial charge in [-0.3, -0.25) is 0 Å². The number of carbonyl (C=O) groups is 1. The minimum absolute atomic E-state index is 0.282. The van der Waals surface area contributed by atoms with Crippen LogP contribution in [0.4, 0.5) is 4.79 Å². The third kappa shape index (κ3) is 6.52. The summed E-state index contributed by atoms with van der Waals surface area (Å²) in [7, 11) is 1.73. The zero-order valence-electron chi connectivity index (χ0n) is 10.0. The minimum atomic E-state index is -0.420. The van der Waals surface area contributed by atoms with Crippen LogP contribution in [0.3, 0.4) is 0 Å². The topological polar surface area (TPSA) is 29.5 Å². The third-order valence-electron chi connectivity index (χ3n) is 1.48. The fourth-order valence-electron chi connectivity index (χ4n) is 0.734. The van der Waals surface area contributed by atoms with Crippen LogP contribution in [0.25, 0.3) is 0 Å². The molecule has 1 amide bonds. The van der Waals surface area contributed by atoms with Gasteiger partial charge in [0.2, 0.25) is 0 Å². The number of rotatable bonds is 2. The maximum atomic E-state index is 11.4. The Morgan fingerprint density at radius 1 is 1.36 bits per heavy atom. The lowest BCUT2D eigenvalue weighted by Crippen LogP contribution is -2.34. The molecule has 0 saturated heterocycles. The third-order valence-corrected chi connectivity index (χ3v) is 1.48. The molecule has 0 aliphatic rings. The number of likely N-dealkylation sites (N-methyl/N-ethyl adjacent to an activating group) is 1. The largest absolute Gasteiger partial charge is 0.444 e. The molecule has 0 radical (unpaired) electrons. The van der Waals surface area contributed by atoms with Gasteiger partial charge in [0, 0.05) is 13.6 Å². The fraction of sp³-hybridized carbons (Fsp3) is 0.727. The summed E-state index contributed by atoms with van der Waals surface area (Å²) in [4.78, 5) is 13.0. The van der Waals surface area contributed by atoms with E-state index in [-0.39, 0.29) is 6.09 Å². The molecule has 82 valence electrons. The average molecular weight is 199 g/mol. The van der Waals surface area contributed by atoms with Gasteiger partial charge < -0.3 is 9.64 Å². The molecular weight excluding hydrogens is 178 g/mol. The van der Waals surface area contributed by atoms with E-state index in [2.05, 4.69) is 0 Å². The van der Waals surface area contributed by atoms with Gasteiger partial charge in [0.25, 0.3) is 0 Å². The lowest BCUT2D eigenvalue weighted by Gasteiger charge is -2.23. The van der Waals surface area contributed by atoms with Crippen LogP contribution in [0.15, 0.2) is 11.6 Å². The lowest BCUT2D eigenvalue weighted by molar-refractivity contribution is 0.0317. The molecule has 0 aromatic carbocycles. The van der Waals surface area contributed by atoms with Crippen molar-refractivity contribution in [3.63, 3.8) is 0 Å². The van der Waals surface area contributed by atoms with E-state index in [0.717, 1.165) is 0 Å². The molecule has 0 saturated carbocycles. The second-order valence-electron chi connectivity index (χ2n) is 4.64. The van der Waals surface area contributed by atoms with E-state index in [1.54, 1.807) is 11.9 Å². The molecule has 0 bridgehead atoms. The van der Waals surface area contributed by atoms with Crippen LogP contribution in [0.5, 0.6) is 0 Å². The number of amides is 1. The van der Waals surface area contributed by atoms with Crippen molar-refractivity contribution in [2.45, 2.75) is 40.2 Å². The lowest BCUT2D eigenvalue weighted by atomic mass is 10.2. The zero-order chi connectivity index (χ0) is 11.4. The van der Waals surface area contributed by atoms with Crippen molar-refractivity contribution in [2.24, 2.45) is 0 Å². The Bertz CT molecular complexity index is 222. The molecule has 0 aromatic heterocycles. The molecule has 0 atom stereocenters. The predicted octanol–water partition coefficient (Wildman–Crippen LogP) is 2.82. The number of carbonyl (C=O) groups excluding carboxylic acids is 1. The Balaban J connectivity index is 4.07. The highest BCUT2D eigenvalue weighted by Gasteiger charge is 2.18. The first kappa shape index (κ1) is 13.0. The second-order valence-corrected chi connectivity index (χ2v) is 4.64. The summed E-state index contributed by atoms with van der Waals surface area (Å²) in [5.41, 5.74) is 0.775. The van der Waals surface area contributed by atoms with Crippen LogP contribution in [-0.4, -0.2) is 30.2 Å². The van der Waals surface area contributed by atoms with Gasteiger partial charge in [-0.05, 0) is 34.6 Å². The van der Waals surface area contributed by atoms with Gasteiger partial charge in [0.05, 0.1) is 0 Å². The van der Waals surface area contributed by atoms with Crippen molar-refractivity contribution < 1.29 is 9.53 Å². The SMILES string of the molecule is CC(C)=CCN(C)C(=O)OC(C)(C)C. The smallest absolute Gasteiger partial charge is 0.410 e. The van der Waals surface area contributed by atoms with Gasteiger partial charge in [0.1, 0.15) is 5.60 Å². The van der Waals surface area contributed by atoms with Gasteiger partial charge in [-0.25, -0.2) is 4.79 Å². The molecule has 0 aliphatic heterocycles. The maximum Gasteiger partial charge on any atom is 0.410 e. The molecule has 0 spiro atoms. The van der Waals surface area contributed by atoms with Gasteiger partial charge in [-0.1, -0.05) is 11.6 Å². The van der Waals surface area contributed by atoms with Crippen molar-refractivity contribution in [1.29, 1.82) is 0 Å². The van der Waals surface area contributed by atoms with Gasteiger partial charge in [-0.15, -0.1) is 0 Å². The minimum Gasteiger partial charge on any atom is -0.444 e. The summed E-state index contributed by atoms with van der Waals surface area (Å²) in [6.45, 7) is 10.2. The summed E-state index contributed by atoms with van der Waals surface area (Å²) in [6.07, 6.45) is 1.71. The molecule has 14 heavy (non-hydrogen) atoms. The van der Waals surface area contributed by atoms with E-state index in [9.17, 15) is 4.79 Å². The summed E-state index contributed by atoms with van der Waals surface area (Å²) < 4.78 is 5.19. The van der Waals surface area contributed by atoms with Crippen LogP contribution in [-0.2, 0) is 4.74 Å². The first-order valence-corrected chi connectivity index (χ1v) is 4.80. The standard InChI is InChI=1S/C11H21NO2/c1-9(2)7-8-12(6)10(13)14-11(3,4)5/h7H,8H2,1-6H3. The van der Waals surface area contributed by atoms with E-state index in [4.69, 9.17) is 4.74 Å². The summed E-state index contributed by atoms with van der Waals surface area (Å²) in [6, 6.07) is 0. The van der Waals surface area contributed by atoms with Crippen LogP contribution < -0.4 is 0 Å². The average Bonchev–Trinajstić information content (AvgIpc) is 1.96. The highest BCUT2D eigenvalue weighted by molar-refractivity contribution is 5.67. The van der Waals surface area contributed by atoms with Gasteiger partial charge in [0.15, 0.2) is 0 Å². The first-order chi connectivity index (χ1) is 6.22. The molecule has 0 fully saturated rings. The number of hydrogen-bond donors (Lipinski definition) is 0. The Labute approximate surface area is 86.7 Å². The van der Waals surface area contributed by atoms with E-state index in [1.165, 1.54) is 5.57 Å². The van der Waals surface area contributed by atoms with E-state index in [0.29, 0.717) is 6.54 Å². The van der Waals surface area contributed by atoms with Gasteiger partial charge >= 0.3 is 6.09 Å². The molecule has 3 nitrogen and oxygen atoms in total. The molecule has 0 aromatic rings. The van der Waals surface area contributed by atoms with Crippen LogP contribution in [0, 0.1) is 0 Å². The molecule has 0 heterocycles.